The standard InChI is InChI=1S/C20H25N3O2/c24-20(25)23-18(14-15-6-2-1-3-7-15)16-9-11-17(12-10-16)22-19-8-4-5-13-21-19/h1-8,13,16-18,23H,9-12,14H2,(H,21,22)(H,24,25)/t16-,17-,18?. The van der Waals surface area contributed by atoms with Gasteiger partial charge in [-0.2, -0.15) is 0 Å². The number of amides is 1. The van der Waals surface area contributed by atoms with Crippen molar-refractivity contribution in [3.05, 3.63) is 60.3 Å². The summed E-state index contributed by atoms with van der Waals surface area (Å²) in [7, 11) is 0. The van der Waals surface area contributed by atoms with Gasteiger partial charge in [0.15, 0.2) is 0 Å². The van der Waals surface area contributed by atoms with E-state index in [0.717, 1.165) is 37.9 Å². The monoisotopic (exact) mass is 339 g/mol. The summed E-state index contributed by atoms with van der Waals surface area (Å²) in [6, 6.07) is 16.4. The molecule has 1 heterocycles. The Morgan fingerprint density at radius 1 is 1.08 bits per heavy atom. The SMILES string of the molecule is O=C(O)NC(Cc1ccccc1)[C@H]1CC[C@H](Nc2ccccn2)CC1. The number of hydrogen-bond acceptors (Lipinski definition) is 3. The summed E-state index contributed by atoms with van der Waals surface area (Å²) >= 11 is 0. The number of aromatic nitrogens is 1. The summed E-state index contributed by atoms with van der Waals surface area (Å²) in [6.45, 7) is 0. The molecular weight excluding hydrogens is 314 g/mol. The van der Waals surface area contributed by atoms with Crippen LogP contribution >= 0.6 is 0 Å². The van der Waals surface area contributed by atoms with Gasteiger partial charge in [0.05, 0.1) is 0 Å². The maximum absolute atomic E-state index is 11.2. The first kappa shape index (κ1) is 17.3. The van der Waals surface area contributed by atoms with E-state index in [2.05, 4.69) is 27.8 Å². The molecule has 0 bridgehead atoms. The molecule has 5 nitrogen and oxygen atoms in total. The van der Waals surface area contributed by atoms with Crippen LogP contribution in [0.2, 0.25) is 0 Å². The number of hydrogen-bond donors (Lipinski definition) is 3. The van der Waals surface area contributed by atoms with Crippen LogP contribution in [0, 0.1) is 5.92 Å². The van der Waals surface area contributed by atoms with Gasteiger partial charge < -0.3 is 15.7 Å². The average Bonchev–Trinajstić information content (AvgIpc) is 2.63. The first-order valence-electron chi connectivity index (χ1n) is 8.91. The van der Waals surface area contributed by atoms with Crippen LogP contribution in [0.25, 0.3) is 0 Å². The number of carboxylic acid groups (broad SMARTS) is 1. The third-order valence-electron chi connectivity index (χ3n) is 4.97. The number of rotatable bonds is 6. The van der Waals surface area contributed by atoms with Crippen molar-refractivity contribution < 1.29 is 9.90 Å². The summed E-state index contributed by atoms with van der Waals surface area (Å²) in [4.78, 5) is 15.5. The van der Waals surface area contributed by atoms with Gasteiger partial charge in [-0.1, -0.05) is 36.4 Å². The number of anilines is 1. The molecule has 1 saturated carbocycles. The molecule has 0 spiro atoms. The fourth-order valence-electron chi connectivity index (χ4n) is 3.69. The number of benzene rings is 1. The smallest absolute Gasteiger partial charge is 0.404 e. The predicted octanol–water partition coefficient (Wildman–Crippen LogP) is 3.93. The van der Waals surface area contributed by atoms with Crippen molar-refractivity contribution in [3.63, 3.8) is 0 Å². The molecule has 132 valence electrons. The minimum atomic E-state index is -0.935. The van der Waals surface area contributed by atoms with Gasteiger partial charge >= 0.3 is 6.09 Å². The highest BCUT2D eigenvalue weighted by Gasteiger charge is 2.28. The Morgan fingerprint density at radius 3 is 2.44 bits per heavy atom. The predicted molar refractivity (Wildman–Crippen MR) is 98.7 cm³/mol. The highest BCUT2D eigenvalue weighted by Crippen LogP contribution is 2.30. The average molecular weight is 339 g/mol. The van der Waals surface area contributed by atoms with E-state index in [9.17, 15) is 9.90 Å². The van der Waals surface area contributed by atoms with Crippen LogP contribution in [0.1, 0.15) is 31.2 Å². The van der Waals surface area contributed by atoms with E-state index in [1.807, 2.05) is 36.4 Å². The summed E-state index contributed by atoms with van der Waals surface area (Å²) in [5, 5.41) is 15.4. The minimum Gasteiger partial charge on any atom is -0.465 e. The topological polar surface area (TPSA) is 74.2 Å². The van der Waals surface area contributed by atoms with Crippen LogP contribution < -0.4 is 10.6 Å². The van der Waals surface area contributed by atoms with Gasteiger partial charge in [-0.3, -0.25) is 0 Å². The lowest BCUT2D eigenvalue weighted by atomic mass is 9.79. The zero-order valence-corrected chi connectivity index (χ0v) is 14.3. The van der Waals surface area contributed by atoms with E-state index in [1.54, 1.807) is 6.20 Å². The zero-order valence-electron chi connectivity index (χ0n) is 14.3. The van der Waals surface area contributed by atoms with E-state index in [1.165, 1.54) is 5.56 Å². The first-order valence-corrected chi connectivity index (χ1v) is 8.91. The summed E-state index contributed by atoms with van der Waals surface area (Å²) in [6.07, 6.45) is 5.71. The van der Waals surface area contributed by atoms with Crippen molar-refractivity contribution >= 4 is 11.9 Å². The Hall–Kier alpha value is -2.56. The minimum absolute atomic E-state index is 0.0318. The van der Waals surface area contributed by atoms with Crippen LogP contribution in [0.5, 0.6) is 0 Å². The molecule has 3 N–H and O–H groups in total. The van der Waals surface area contributed by atoms with E-state index in [0.29, 0.717) is 12.0 Å². The Bertz CT molecular complexity index is 655. The van der Waals surface area contributed by atoms with E-state index >= 15 is 0 Å². The molecule has 1 aromatic carbocycles. The third-order valence-corrected chi connectivity index (χ3v) is 4.97. The molecule has 1 aromatic heterocycles. The maximum atomic E-state index is 11.2. The second-order valence-electron chi connectivity index (χ2n) is 6.72. The van der Waals surface area contributed by atoms with Gasteiger partial charge in [-0.05, 0) is 55.7 Å². The highest BCUT2D eigenvalue weighted by atomic mass is 16.4. The molecule has 25 heavy (non-hydrogen) atoms. The molecule has 0 aliphatic heterocycles. The van der Waals surface area contributed by atoms with Crippen LogP contribution in [-0.4, -0.2) is 28.3 Å². The van der Waals surface area contributed by atoms with Crippen molar-refractivity contribution in [3.8, 4) is 0 Å². The molecule has 3 rings (SSSR count). The second-order valence-corrected chi connectivity index (χ2v) is 6.72. The van der Waals surface area contributed by atoms with Crippen molar-refractivity contribution in [1.82, 2.24) is 10.3 Å². The third kappa shape index (κ3) is 5.21. The lowest BCUT2D eigenvalue weighted by Gasteiger charge is -2.34. The molecule has 0 radical (unpaired) electrons. The van der Waals surface area contributed by atoms with Crippen LogP contribution in [-0.2, 0) is 6.42 Å². The first-order chi connectivity index (χ1) is 12.2. The lowest BCUT2D eigenvalue weighted by molar-refractivity contribution is 0.177. The molecular formula is C20H25N3O2. The normalized spacial score (nSPS) is 21.3. The van der Waals surface area contributed by atoms with Crippen LogP contribution in [0.4, 0.5) is 10.6 Å². The maximum Gasteiger partial charge on any atom is 0.404 e. The molecule has 1 fully saturated rings. The Kier molecular flexibility index (Phi) is 5.88. The van der Waals surface area contributed by atoms with Crippen LogP contribution in [0.3, 0.4) is 0 Å². The molecule has 0 saturated heterocycles. The van der Waals surface area contributed by atoms with Crippen molar-refractivity contribution in [2.75, 3.05) is 5.32 Å². The molecule has 1 unspecified atom stereocenters. The Morgan fingerprint density at radius 2 is 1.80 bits per heavy atom. The quantitative estimate of drug-likeness (QED) is 0.745. The van der Waals surface area contributed by atoms with Gasteiger partial charge in [0.1, 0.15) is 5.82 Å². The molecule has 1 atom stereocenters. The summed E-state index contributed by atoms with van der Waals surface area (Å²) in [5.41, 5.74) is 1.18. The molecule has 1 amide bonds. The van der Waals surface area contributed by atoms with Crippen molar-refractivity contribution in [2.24, 2.45) is 5.92 Å². The van der Waals surface area contributed by atoms with Crippen molar-refractivity contribution in [2.45, 2.75) is 44.2 Å². The van der Waals surface area contributed by atoms with Gasteiger partial charge in [0.2, 0.25) is 0 Å². The van der Waals surface area contributed by atoms with Crippen molar-refractivity contribution in [1.29, 1.82) is 0 Å². The summed E-state index contributed by atoms with van der Waals surface area (Å²) in [5.74, 6) is 1.29. The molecule has 2 aromatic rings. The highest BCUT2D eigenvalue weighted by molar-refractivity contribution is 5.65. The number of carbonyl (C=O) groups is 1. The van der Waals surface area contributed by atoms with E-state index in [4.69, 9.17) is 0 Å². The number of pyridine rings is 1. The van der Waals surface area contributed by atoms with Gasteiger partial charge in [0, 0.05) is 18.3 Å². The van der Waals surface area contributed by atoms with E-state index in [-0.39, 0.29) is 6.04 Å². The Labute approximate surface area is 148 Å². The largest absolute Gasteiger partial charge is 0.465 e. The molecule has 1 aliphatic rings. The van der Waals surface area contributed by atoms with Crippen LogP contribution in [0.15, 0.2) is 54.7 Å². The lowest BCUT2D eigenvalue weighted by Crippen LogP contribution is -2.43. The fraction of sp³-hybridized carbons (Fsp3) is 0.400. The fourth-order valence-corrected chi connectivity index (χ4v) is 3.69. The van der Waals surface area contributed by atoms with E-state index < -0.39 is 6.09 Å². The zero-order chi connectivity index (χ0) is 17.5. The summed E-state index contributed by atoms with van der Waals surface area (Å²) < 4.78 is 0. The second kappa shape index (κ2) is 8.51. The number of nitrogens with zero attached hydrogens (tertiary/aromatic N) is 1. The number of nitrogens with one attached hydrogen (secondary N) is 2. The molecule has 5 heteroatoms. The van der Waals surface area contributed by atoms with Gasteiger partial charge in [-0.15, -0.1) is 0 Å². The van der Waals surface area contributed by atoms with Gasteiger partial charge in [0.25, 0.3) is 0 Å². The Balaban J connectivity index is 1.57. The molecule has 1 aliphatic carbocycles. The van der Waals surface area contributed by atoms with Gasteiger partial charge in [-0.25, -0.2) is 9.78 Å².